The predicted octanol–water partition coefficient (Wildman–Crippen LogP) is 2.77. The highest BCUT2D eigenvalue weighted by Gasteiger charge is 2.29. The third-order valence-corrected chi connectivity index (χ3v) is 4.00. The van der Waals surface area contributed by atoms with Crippen LogP contribution in [0.4, 0.5) is 5.69 Å². The molecule has 0 amide bonds. The molecule has 0 saturated heterocycles. The second-order valence-corrected chi connectivity index (χ2v) is 5.48. The van der Waals surface area contributed by atoms with Crippen LogP contribution in [0.15, 0.2) is 35.2 Å². The van der Waals surface area contributed by atoms with Crippen molar-refractivity contribution in [1.29, 1.82) is 0 Å². The van der Waals surface area contributed by atoms with E-state index in [1.54, 1.807) is 11.3 Å². The summed E-state index contributed by atoms with van der Waals surface area (Å²) in [5.74, 6) is 0. The van der Waals surface area contributed by atoms with Gasteiger partial charge in [0.15, 0.2) is 0 Å². The molecule has 0 bridgehead atoms. The molecule has 18 heavy (non-hydrogen) atoms. The molecular formula is C14H17N3S. The summed E-state index contributed by atoms with van der Waals surface area (Å²) in [7, 11) is 0. The van der Waals surface area contributed by atoms with Gasteiger partial charge in [-0.1, -0.05) is 0 Å². The van der Waals surface area contributed by atoms with Crippen molar-refractivity contribution in [2.24, 2.45) is 5.73 Å². The van der Waals surface area contributed by atoms with Gasteiger partial charge in [0.1, 0.15) is 0 Å². The van der Waals surface area contributed by atoms with E-state index in [0.717, 1.165) is 12.2 Å². The number of anilines is 1. The Morgan fingerprint density at radius 1 is 1.33 bits per heavy atom. The van der Waals surface area contributed by atoms with Gasteiger partial charge < -0.3 is 10.6 Å². The SMILES string of the molecule is NCc1ccc(N(Cc2ccsc2)C2CC2)cn1. The smallest absolute Gasteiger partial charge is 0.0558 e. The molecule has 2 heterocycles. The fourth-order valence-corrected chi connectivity index (χ4v) is 2.76. The molecule has 1 fully saturated rings. The van der Waals surface area contributed by atoms with E-state index in [-0.39, 0.29) is 0 Å². The van der Waals surface area contributed by atoms with Gasteiger partial charge in [-0.05, 0) is 47.4 Å². The lowest BCUT2D eigenvalue weighted by Gasteiger charge is -2.24. The van der Waals surface area contributed by atoms with Crippen molar-refractivity contribution in [3.63, 3.8) is 0 Å². The summed E-state index contributed by atoms with van der Waals surface area (Å²) < 4.78 is 0. The predicted molar refractivity (Wildman–Crippen MR) is 75.7 cm³/mol. The van der Waals surface area contributed by atoms with Crippen molar-refractivity contribution >= 4 is 17.0 Å². The van der Waals surface area contributed by atoms with Gasteiger partial charge in [-0.15, -0.1) is 0 Å². The minimum atomic E-state index is 0.508. The number of hydrogen-bond acceptors (Lipinski definition) is 4. The Kier molecular flexibility index (Phi) is 3.30. The fraction of sp³-hybridized carbons (Fsp3) is 0.357. The van der Waals surface area contributed by atoms with Gasteiger partial charge in [-0.3, -0.25) is 4.98 Å². The first-order chi connectivity index (χ1) is 8.86. The van der Waals surface area contributed by atoms with E-state index in [9.17, 15) is 0 Å². The van der Waals surface area contributed by atoms with Gasteiger partial charge in [0.05, 0.1) is 17.6 Å². The normalized spacial score (nSPS) is 14.7. The van der Waals surface area contributed by atoms with Gasteiger partial charge in [0, 0.05) is 19.1 Å². The lowest BCUT2D eigenvalue weighted by Crippen LogP contribution is -2.24. The van der Waals surface area contributed by atoms with E-state index < -0.39 is 0 Å². The molecule has 2 aromatic rings. The highest BCUT2D eigenvalue weighted by atomic mass is 32.1. The van der Waals surface area contributed by atoms with Crippen molar-refractivity contribution in [1.82, 2.24) is 4.98 Å². The van der Waals surface area contributed by atoms with E-state index in [4.69, 9.17) is 5.73 Å². The van der Waals surface area contributed by atoms with Crippen LogP contribution < -0.4 is 10.6 Å². The molecule has 4 heteroatoms. The summed E-state index contributed by atoms with van der Waals surface area (Å²) in [5.41, 5.74) is 9.13. The van der Waals surface area contributed by atoms with Crippen LogP contribution in [0.1, 0.15) is 24.1 Å². The first kappa shape index (κ1) is 11.7. The van der Waals surface area contributed by atoms with Crippen LogP contribution >= 0.6 is 11.3 Å². The van der Waals surface area contributed by atoms with Crippen LogP contribution in [0.25, 0.3) is 0 Å². The van der Waals surface area contributed by atoms with Crippen molar-refractivity contribution in [3.05, 3.63) is 46.4 Å². The number of hydrogen-bond donors (Lipinski definition) is 1. The molecule has 3 rings (SSSR count). The van der Waals surface area contributed by atoms with Gasteiger partial charge in [-0.2, -0.15) is 11.3 Å². The fourth-order valence-electron chi connectivity index (χ4n) is 2.10. The Balaban J connectivity index is 1.80. The average Bonchev–Trinajstić information content (AvgIpc) is 3.13. The summed E-state index contributed by atoms with van der Waals surface area (Å²) in [6.07, 6.45) is 4.54. The van der Waals surface area contributed by atoms with Crippen LogP contribution in [0, 0.1) is 0 Å². The van der Waals surface area contributed by atoms with Gasteiger partial charge in [0.2, 0.25) is 0 Å². The lowest BCUT2D eigenvalue weighted by molar-refractivity contribution is 0.792. The standard InChI is InChI=1S/C14H17N3S/c15-7-12-1-2-14(8-16-12)17(13-3-4-13)9-11-5-6-18-10-11/h1-2,5-6,8,10,13H,3-4,7,9,15H2. The Bertz CT molecular complexity index is 488. The van der Waals surface area contributed by atoms with Crippen LogP contribution in [0.2, 0.25) is 0 Å². The summed E-state index contributed by atoms with van der Waals surface area (Å²) in [6, 6.07) is 7.05. The molecule has 0 aliphatic heterocycles. The summed E-state index contributed by atoms with van der Waals surface area (Å²) >= 11 is 1.76. The largest absolute Gasteiger partial charge is 0.363 e. The van der Waals surface area contributed by atoms with Crippen LogP contribution in [0.5, 0.6) is 0 Å². The Labute approximate surface area is 111 Å². The Morgan fingerprint density at radius 2 is 2.22 bits per heavy atom. The van der Waals surface area contributed by atoms with Crippen molar-refractivity contribution in [3.8, 4) is 0 Å². The van der Waals surface area contributed by atoms with Gasteiger partial charge in [0.25, 0.3) is 0 Å². The molecule has 0 aromatic carbocycles. The zero-order valence-electron chi connectivity index (χ0n) is 10.2. The van der Waals surface area contributed by atoms with Gasteiger partial charge >= 0.3 is 0 Å². The second kappa shape index (κ2) is 5.08. The Morgan fingerprint density at radius 3 is 2.78 bits per heavy atom. The molecule has 3 nitrogen and oxygen atoms in total. The number of nitrogens with two attached hydrogens (primary N) is 1. The number of nitrogens with zero attached hydrogens (tertiary/aromatic N) is 2. The molecule has 0 spiro atoms. The van der Waals surface area contributed by atoms with E-state index in [0.29, 0.717) is 12.6 Å². The topological polar surface area (TPSA) is 42.1 Å². The zero-order valence-corrected chi connectivity index (χ0v) is 11.1. The summed E-state index contributed by atoms with van der Waals surface area (Å²) in [4.78, 5) is 6.85. The molecule has 1 saturated carbocycles. The number of thiophene rings is 1. The molecule has 1 aliphatic carbocycles. The van der Waals surface area contributed by atoms with Crippen molar-refractivity contribution < 1.29 is 0 Å². The summed E-state index contributed by atoms with van der Waals surface area (Å²) in [6.45, 7) is 1.49. The summed E-state index contributed by atoms with van der Waals surface area (Å²) in [5, 5.41) is 4.35. The van der Waals surface area contributed by atoms with Crippen LogP contribution in [-0.4, -0.2) is 11.0 Å². The maximum Gasteiger partial charge on any atom is 0.0558 e. The molecular weight excluding hydrogens is 242 g/mol. The second-order valence-electron chi connectivity index (χ2n) is 4.70. The monoisotopic (exact) mass is 259 g/mol. The van der Waals surface area contributed by atoms with Crippen LogP contribution in [-0.2, 0) is 13.1 Å². The Hall–Kier alpha value is -1.39. The van der Waals surface area contributed by atoms with Crippen molar-refractivity contribution in [2.75, 3.05) is 4.90 Å². The zero-order chi connectivity index (χ0) is 12.4. The molecule has 1 aliphatic rings. The molecule has 0 radical (unpaired) electrons. The van der Waals surface area contributed by atoms with Crippen molar-refractivity contribution in [2.45, 2.75) is 32.0 Å². The minimum Gasteiger partial charge on any atom is -0.363 e. The number of pyridine rings is 1. The van der Waals surface area contributed by atoms with E-state index >= 15 is 0 Å². The lowest BCUT2D eigenvalue weighted by atomic mass is 10.2. The van der Waals surface area contributed by atoms with Gasteiger partial charge in [-0.25, -0.2) is 0 Å². The molecule has 2 N–H and O–H groups in total. The molecule has 2 aromatic heterocycles. The highest BCUT2D eigenvalue weighted by Crippen LogP contribution is 2.33. The average molecular weight is 259 g/mol. The molecule has 94 valence electrons. The van der Waals surface area contributed by atoms with E-state index in [1.165, 1.54) is 24.1 Å². The minimum absolute atomic E-state index is 0.508. The first-order valence-electron chi connectivity index (χ1n) is 6.29. The highest BCUT2D eigenvalue weighted by molar-refractivity contribution is 7.07. The first-order valence-corrected chi connectivity index (χ1v) is 7.24. The number of rotatable bonds is 5. The molecule has 0 unspecified atom stereocenters. The molecule has 0 atom stereocenters. The van der Waals surface area contributed by atoms with Crippen LogP contribution in [0.3, 0.4) is 0 Å². The van der Waals surface area contributed by atoms with E-state index in [2.05, 4.69) is 32.8 Å². The third kappa shape index (κ3) is 2.54. The third-order valence-electron chi connectivity index (χ3n) is 3.27. The number of aromatic nitrogens is 1. The quantitative estimate of drug-likeness (QED) is 0.897. The maximum absolute atomic E-state index is 5.58. The maximum atomic E-state index is 5.58. The van der Waals surface area contributed by atoms with E-state index in [1.807, 2.05) is 12.3 Å².